The number of rotatable bonds is 5. The monoisotopic (exact) mass is 488 g/mol. The van der Waals surface area contributed by atoms with Crippen LogP contribution in [0.25, 0.3) is 0 Å². The van der Waals surface area contributed by atoms with Crippen molar-refractivity contribution in [1.82, 2.24) is 15.6 Å². The number of hydrogen-bond acceptors (Lipinski definition) is 6. The van der Waals surface area contributed by atoms with Crippen molar-refractivity contribution < 1.29 is 23.1 Å². The number of carbonyl (C=O) groups is 2. The maximum atomic E-state index is 12.5. The predicted molar refractivity (Wildman–Crippen MR) is 111 cm³/mol. The Hall–Kier alpha value is -1.88. The van der Waals surface area contributed by atoms with Crippen molar-refractivity contribution in [2.24, 2.45) is 0 Å². The summed E-state index contributed by atoms with van der Waals surface area (Å²) in [6.07, 6.45) is 6.45. The van der Waals surface area contributed by atoms with Gasteiger partial charge in [0.2, 0.25) is 15.9 Å². The Balaban J connectivity index is 1.69. The van der Waals surface area contributed by atoms with E-state index in [2.05, 4.69) is 31.5 Å². The Morgan fingerprint density at radius 2 is 1.93 bits per heavy atom. The lowest BCUT2D eigenvalue weighted by Crippen LogP contribution is -2.43. The minimum absolute atomic E-state index is 0.00996. The van der Waals surface area contributed by atoms with Crippen LogP contribution in [0.5, 0.6) is 5.75 Å². The van der Waals surface area contributed by atoms with Crippen molar-refractivity contribution in [1.29, 1.82) is 0 Å². The van der Waals surface area contributed by atoms with Crippen molar-refractivity contribution >= 4 is 43.6 Å². The molecule has 0 unspecified atom stereocenters. The molecule has 0 radical (unpaired) electrons. The first kappa shape index (κ1) is 21.8. The van der Waals surface area contributed by atoms with Crippen LogP contribution in [-0.2, 0) is 14.8 Å². The first-order valence-electron chi connectivity index (χ1n) is 9.75. The topological polar surface area (TPSA) is 129 Å². The van der Waals surface area contributed by atoms with E-state index in [4.69, 9.17) is 0 Å². The van der Waals surface area contributed by atoms with E-state index in [1.165, 1.54) is 12.5 Å². The van der Waals surface area contributed by atoms with Gasteiger partial charge in [0.25, 0.3) is 5.91 Å². The molecule has 1 aromatic heterocycles. The van der Waals surface area contributed by atoms with Crippen molar-refractivity contribution in [3.05, 3.63) is 16.2 Å². The van der Waals surface area contributed by atoms with E-state index < -0.39 is 21.7 Å². The van der Waals surface area contributed by atoms with E-state index in [9.17, 15) is 23.1 Å². The van der Waals surface area contributed by atoms with Crippen molar-refractivity contribution in [2.45, 2.75) is 51.0 Å². The van der Waals surface area contributed by atoms with Gasteiger partial charge in [-0.2, -0.15) is 0 Å². The van der Waals surface area contributed by atoms with Gasteiger partial charge in [0.1, 0.15) is 5.82 Å². The predicted octanol–water partition coefficient (Wildman–Crippen LogP) is 1.66. The fourth-order valence-electron chi connectivity index (χ4n) is 3.60. The van der Waals surface area contributed by atoms with Crippen LogP contribution in [0.2, 0.25) is 0 Å². The fraction of sp³-hybridized carbons (Fsp3) is 0.611. The van der Waals surface area contributed by atoms with Gasteiger partial charge in [0.05, 0.1) is 16.8 Å². The number of hydrogen-bond donors (Lipinski definition) is 3. The van der Waals surface area contributed by atoms with Gasteiger partial charge in [-0.15, -0.1) is 0 Å². The van der Waals surface area contributed by atoms with Gasteiger partial charge in [-0.25, -0.2) is 13.4 Å². The molecule has 1 saturated heterocycles. The highest BCUT2D eigenvalue weighted by atomic mass is 79.9. The Morgan fingerprint density at radius 1 is 1.21 bits per heavy atom. The molecule has 0 spiro atoms. The Bertz CT molecular complexity index is 886. The van der Waals surface area contributed by atoms with E-state index in [0.717, 1.165) is 30.0 Å². The highest BCUT2D eigenvalue weighted by Crippen LogP contribution is 2.32. The van der Waals surface area contributed by atoms with Crippen LogP contribution in [0.4, 0.5) is 5.82 Å². The molecule has 160 valence electrons. The number of amides is 2. The molecule has 0 bridgehead atoms. The lowest BCUT2D eigenvalue weighted by Gasteiger charge is -2.27. The summed E-state index contributed by atoms with van der Waals surface area (Å²) >= 11 is 3.14. The second kappa shape index (κ2) is 9.29. The summed E-state index contributed by atoms with van der Waals surface area (Å²) in [5, 5.41) is 15.5. The summed E-state index contributed by atoms with van der Waals surface area (Å²) < 4.78 is 25.9. The lowest BCUT2D eigenvalue weighted by atomic mass is 9.95. The summed E-state index contributed by atoms with van der Waals surface area (Å²) in [4.78, 5) is 28.7. The number of carbonyl (C=O) groups excluding carboxylic acids is 2. The van der Waals surface area contributed by atoms with Gasteiger partial charge in [-0.05, 0) is 47.7 Å². The third-order valence-electron chi connectivity index (χ3n) is 5.13. The average molecular weight is 489 g/mol. The minimum Gasteiger partial charge on any atom is -0.504 e. The fourth-order valence-corrected chi connectivity index (χ4v) is 5.56. The maximum absolute atomic E-state index is 12.5. The number of halogens is 1. The smallest absolute Gasteiger partial charge is 0.274 e. The molecule has 3 rings (SSSR count). The summed E-state index contributed by atoms with van der Waals surface area (Å²) in [7, 11) is -3.52. The molecule has 29 heavy (non-hydrogen) atoms. The second-order valence-electron chi connectivity index (χ2n) is 7.34. The van der Waals surface area contributed by atoms with Crippen LogP contribution >= 0.6 is 15.9 Å². The summed E-state index contributed by atoms with van der Waals surface area (Å²) in [5.41, 5.74) is -0.333. The van der Waals surface area contributed by atoms with E-state index in [0.29, 0.717) is 12.8 Å². The minimum atomic E-state index is -3.52. The molecule has 0 atom stereocenters. The maximum Gasteiger partial charge on any atom is 0.274 e. The molecule has 1 aromatic rings. The van der Waals surface area contributed by atoms with E-state index in [1.807, 2.05) is 0 Å². The summed E-state index contributed by atoms with van der Waals surface area (Å²) in [5.74, 6) is -1.40. The first-order valence-corrected chi connectivity index (χ1v) is 12.2. The summed E-state index contributed by atoms with van der Waals surface area (Å²) in [6.45, 7) is 0.0116. The van der Waals surface area contributed by atoms with E-state index in [-0.39, 0.29) is 46.8 Å². The lowest BCUT2D eigenvalue weighted by molar-refractivity contribution is -0.121. The highest BCUT2D eigenvalue weighted by Gasteiger charge is 2.29. The second-order valence-corrected chi connectivity index (χ2v) is 10.2. The molecular formula is C18H25BrN4O5S. The zero-order chi connectivity index (χ0) is 21.0. The standard InChI is InChI=1S/C18H25BrN4O5S/c19-13-10-14(23-8-4-5-9-29(23,27)28)22-16(17(13)25)18(26)20-11-15(24)21-12-6-2-1-3-7-12/h10,12,25H,1-9,11H2,(H,20,26)(H,21,24). The number of nitrogens with zero attached hydrogens (tertiary/aromatic N) is 2. The van der Waals surface area contributed by atoms with Gasteiger partial charge in [-0.3, -0.25) is 13.9 Å². The molecule has 1 saturated carbocycles. The van der Waals surface area contributed by atoms with Crippen molar-refractivity contribution in [3.8, 4) is 5.75 Å². The third-order valence-corrected chi connectivity index (χ3v) is 7.58. The molecule has 0 aromatic carbocycles. The Kier molecular flexibility index (Phi) is 6.99. The van der Waals surface area contributed by atoms with Gasteiger partial charge in [0, 0.05) is 12.6 Å². The molecular weight excluding hydrogens is 464 g/mol. The molecule has 2 aliphatic rings. The number of aromatic nitrogens is 1. The molecule has 2 heterocycles. The van der Waals surface area contributed by atoms with Crippen molar-refractivity contribution in [3.63, 3.8) is 0 Å². The highest BCUT2D eigenvalue weighted by molar-refractivity contribution is 9.10. The van der Waals surface area contributed by atoms with Gasteiger partial charge < -0.3 is 15.7 Å². The number of nitrogens with one attached hydrogen (secondary N) is 2. The van der Waals surface area contributed by atoms with Crippen molar-refractivity contribution in [2.75, 3.05) is 23.1 Å². The van der Waals surface area contributed by atoms with Crippen LogP contribution < -0.4 is 14.9 Å². The molecule has 2 fully saturated rings. The average Bonchev–Trinajstić information content (AvgIpc) is 2.68. The van der Waals surface area contributed by atoms with Gasteiger partial charge in [0.15, 0.2) is 11.4 Å². The zero-order valence-corrected chi connectivity index (χ0v) is 18.4. The Labute approximate surface area is 178 Å². The number of pyridine rings is 1. The van der Waals surface area contributed by atoms with Crippen LogP contribution in [0.15, 0.2) is 10.5 Å². The third kappa shape index (κ3) is 5.39. The SMILES string of the molecule is O=C(CNC(=O)c1nc(N2CCCCS2(=O)=O)cc(Br)c1O)NC1CCCCC1. The van der Waals surface area contributed by atoms with E-state index in [1.54, 1.807) is 0 Å². The number of aromatic hydroxyl groups is 1. The molecule has 1 aliphatic heterocycles. The molecule has 9 nitrogen and oxygen atoms in total. The van der Waals surface area contributed by atoms with E-state index >= 15 is 0 Å². The largest absolute Gasteiger partial charge is 0.504 e. The Morgan fingerprint density at radius 3 is 2.62 bits per heavy atom. The van der Waals surface area contributed by atoms with Gasteiger partial charge >= 0.3 is 0 Å². The first-order chi connectivity index (χ1) is 13.8. The zero-order valence-electron chi connectivity index (χ0n) is 16.0. The number of anilines is 1. The quantitative estimate of drug-likeness (QED) is 0.577. The summed E-state index contributed by atoms with van der Waals surface area (Å²) in [6, 6.07) is 1.49. The number of sulfonamides is 1. The van der Waals surface area contributed by atoms with Crippen LogP contribution in [0.3, 0.4) is 0 Å². The molecule has 11 heteroatoms. The van der Waals surface area contributed by atoms with Crippen LogP contribution in [0.1, 0.15) is 55.4 Å². The molecule has 2 amide bonds. The van der Waals surface area contributed by atoms with Crippen LogP contribution in [-0.4, -0.2) is 55.2 Å². The van der Waals surface area contributed by atoms with Crippen LogP contribution in [0, 0.1) is 0 Å². The van der Waals surface area contributed by atoms with Gasteiger partial charge in [-0.1, -0.05) is 19.3 Å². The molecule has 1 aliphatic carbocycles. The molecule has 3 N–H and O–H groups in total. The normalized spacial score (nSPS) is 19.6.